The SMILES string of the molecule is CC(C)CC(C)Nc1ccc(C(C)C)cc1C(C)C. The van der Waals surface area contributed by atoms with Gasteiger partial charge < -0.3 is 5.32 Å². The van der Waals surface area contributed by atoms with E-state index in [1.165, 1.54) is 23.2 Å². The maximum Gasteiger partial charge on any atom is 0.0377 e. The highest BCUT2D eigenvalue weighted by atomic mass is 14.9. The van der Waals surface area contributed by atoms with Crippen LogP contribution in [0.15, 0.2) is 18.2 Å². The molecule has 1 atom stereocenters. The third kappa shape index (κ3) is 4.89. The molecule has 0 aliphatic heterocycles. The predicted molar refractivity (Wildman–Crippen MR) is 87.2 cm³/mol. The second kappa shape index (κ2) is 6.98. The molecular formula is C18H31N. The summed E-state index contributed by atoms with van der Waals surface area (Å²) in [4.78, 5) is 0. The normalized spacial score (nSPS) is 13.4. The number of hydrogen-bond donors (Lipinski definition) is 1. The highest BCUT2D eigenvalue weighted by Gasteiger charge is 2.12. The van der Waals surface area contributed by atoms with Crippen molar-refractivity contribution in [3.63, 3.8) is 0 Å². The quantitative estimate of drug-likeness (QED) is 0.684. The Hall–Kier alpha value is -0.980. The fraction of sp³-hybridized carbons (Fsp3) is 0.667. The van der Waals surface area contributed by atoms with Crippen molar-refractivity contribution in [3.8, 4) is 0 Å². The van der Waals surface area contributed by atoms with Crippen LogP contribution in [0.5, 0.6) is 0 Å². The van der Waals surface area contributed by atoms with Gasteiger partial charge >= 0.3 is 0 Å². The van der Waals surface area contributed by atoms with Crippen LogP contribution in [0.3, 0.4) is 0 Å². The maximum atomic E-state index is 3.69. The van der Waals surface area contributed by atoms with Gasteiger partial charge in [-0.1, -0.05) is 53.7 Å². The van der Waals surface area contributed by atoms with Crippen molar-refractivity contribution in [2.75, 3.05) is 5.32 Å². The Morgan fingerprint density at radius 2 is 1.53 bits per heavy atom. The van der Waals surface area contributed by atoms with Gasteiger partial charge in [0, 0.05) is 11.7 Å². The monoisotopic (exact) mass is 261 g/mol. The highest BCUT2D eigenvalue weighted by molar-refractivity contribution is 5.55. The molecule has 1 heteroatoms. The molecule has 1 N–H and O–H groups in total. The fourth-order valence-electron chi connectivity index (χ4n) is 2.58. The average Bonchev–Trinajstić information content (AvgIpc) is 2.27. The minimum absolute atomic E-state index is 0.530. The van der Waals surface area contributed by atoms with E-state index < -0.39 is 0 Å². The molecule has 0 radical (unpaired) electrons. The van der Waals surface area contributed by atoms with Crippen LogP contribution in [0, 0.1) is 5.92 Å². The molecule has 1 aromatic rings. The van der Waals surface area contributed by atoms with Crippen molar-refractivity contribution in [2.24, 2.45) is 5.92 Å². The van der Waals surface area contributed by atoms with Crippen LogP contribution in [0.1, 0.15) is 77.8 Å². The Labute approximate surface area is 119 Å². The zero-order valence-corrected chi connectivity index (χ0v) is 13.7. The van der Waals surface area contributed by atoms with Gasteiger partial charge in [0.05, 0.1) is 0 Å². The largest absolute Gasteiger partial charge is 0.382 e. The van der Waals surface area contributed by atoms with Crippen molar-refractivity contribution in [3.05, 3.63) is 29.3 Å². The molecule has 1 unspecified atom stereocenters. The summed E-state index contributed by atoms with van der Waals surface area (Å²) in [6.45, 7) is 15.9. The van der Waals surface area contributed by atoms with Gasteiger partial charge in [0.25, 0.3) is 0 Å². The van der Waals surface area contributed by atoms with Crippen molar-refractivity contribution < 1.29 is 0 Å². The first-order valence-electron chi connectivity index (χ1n) is 7.71. The lowest BCUT2D eigenvalue weighted by molar-refractivity contribution is 0.539. The van der Waals surface area contributed by atoms with Crippen LogP contribution in [0.25, 0.3) is 0 Å². The molecule has 0 aliphatic rings. The highest BCUT2D eigenvalue weighted by Crippen LogP contribution is 2.29. The lowest BCUT2D eigenvalue weighted by Crippen LogP contribution is -2.18. The Balaban J connectivity index is 2.94. The number of hydrogen-bond acceptors (Lipinski definition) is 1. The van der Waals surface area contributed by atoms with Gasteiger partial charge in [0.1, 0.15) is 0 Å². The summed E-state index contributed by atoms with van der Waals surface area (Å²) in [7, 11) is 0. The molecule has 19 heavy (non-hydrogen) atoms. The molecule has 0 heterocycles. The van der Waals surface area contributed by atoms with Gasteiger partial charge in [0.15, 0.2) is 0 Å². The molecule has 1 rings (SSSR count). The molecule has 0 aromatic heterocycles. The topological polar surface area (TPSA) is 12.0 Å². The molecule has 108 valence electrons. The predicted octanol–water partition coefficient (Wildman–Crippen LogP) is 5.78. The molecule has 0 fully saturated rings. The van der Waals surface area contributed by atoms with Crippen molar-refractivity contribution in [2.45, 2.75) is 72.8 Å². The Bertz CT molecular complexity index is 391. The smallest absolute Gasteiger partial charge is 0.0377 e. The second-order valence-corrected chi connectivity index (χ2v) is 6.83. The molecule has 0 bridgehead atoms. The molecule has 0 amide bonds. The fourth-order valence-corrected chi connectivity index (χ4v) is 2.58. The first-order chi connectivity index (χ1) is 8.81. The zero-order valence-electron chi connectivity index (χ0n) is 13.7. The van der Waals surface area contributed by atoms with Gasteiger partial charge in [-0.2, -0.15) is 0 Å². The molecule has 0 spiro atoms. The second-order valence-electron chi connectivity index (χ2n) is 6.83. The molecule has 1 aromatic carbocycles. The van der Waals surface area contributed by atoms with Gasteiger partial charge in [0.2, 0.25) is 0 Å². The van der Waals surface area contributed by atoms with Crippen molar-refractivity contribution in [1.82, 2.24) is 0 Å². The molecule has 0 saturated heterocycles. The third-order valence-electron chi connectivity index (χ3n) is 3.59. The number of benzene rings is 1. The van der Waals surface area contributed by atoms with Crippen molar-refractivity contribution >= 4 is 5.69 Å². The molecular weight excluding hydrogens is 230 g/mol. The standard InChI is InChI=1S/C18H31N/c1-12(2)10-15(7)19-18-9-8-16(13(3)4)11-17(18)14(5)6/h8-9,11-15,19H,10H2,1-7H3. The minimum atomic E-state index is 0.530. The Kier molecular flexibility index (Phi) is 5.90. The van der Waals surface area contributed by atoms with E-state index in [1.54, 1.807) is 0 Å². The Morgan fingerprint density at radius 3 is 2.00 bits per heavy atom. The summed E-state index contributed by atoms with van der Waals surface area (Å²) in [6, 6.07) is 7.43. The summed E-state index contributed by atoms with van der Waals surface area (Å²) in [5.41, 5.74) is 4.19. The van der Waals surface area contributed by atoms with E-state index in [0.717, 1.165) is 5.92 Å². The van der Waals surface area contributed by atoms with Crippen LogP contribution in [0.2, 0.25) is 0 Å². The number of anilines is 1. The van der Waals surface area contributed by atoms with E-state index in [0.29, 0.717) is 17.9 Å². The van der Waals surface area contributed by atoms with Crippen LogP contribution < -0.4 is 5.32 Å². The zero-order chi connectivity index (χ0) is 14.6. The molecule has 1 nitrogen and oxygen atoms in total. The van der Waals surface area contributed by atoms with Gasteiger partial charge in [-0.25, -0.2) is 0 Å². The van der Waals surface area contributed by atoms with E-state index in [4.69, 9.17) is 0 Å². The Morgan fingerprint density at radius 1 is 0.895 bits per heavy atom. The summed E-state index contributed by atoms with van der Waals surface area (Å²) >= 11 is 0. The van der Waals surface area contributed by atoms with E-state index in [1.807, 2.05) is 0 Å². The lowest BCUT2D eigenvalue weighted by atomic mass is 9.93. The van der Waals surface area contributed by atoms with E-state index in [2.05, 4.69) is 72.0 Å². The van der Waals surface area contributed by atoms with E-state index >= 15 is 0 Å². The maximum absolute atomic E-state index is 3.69. The van der Waals surface area contributed by atoms with Crippen LogP contribution >= 0.6 is 0 Å². The molecule has 0 aliphatic carbocycles. The minimum Gasteiger partial charge on any atom is -0.382 e. The first-order valence-corrected chi connectivity index (χ1v) is 7.71. The van der Waals surface area contributed by atoms with Gasteiger partial charge in [-0.15, -0.1) is 0 Å². The van der Waals surface area contributed by atoms with Crippen LogP contribution in [-0.4, -0.2) is 6.04 Å². The van der Waals surface area contributed by atoms with E-state index in [-0.39, 0.29) is 0 Å². The van der Waals surface area contributed by atoms with Gasteiger partial charge in [-0.3, -0.25) is 0 Å². The van der Waals surface area contributed by atoms with Crippen molar-refractivity contribution in [1.29, 1.82) is 0 Å². The average molecular weight is 261 g/mol. The number of rotatable bonds is 6. The lowest BCUT2D eigenvalue weighted by Gasteiger charge is -2.22. The number of nitrogens with one attached hydrogen (secondary N) is 1. The summed E-state index contributed by atoms with van der Waals surface area (Å²) in [5, 5.41) is 3.69. The molecule has 0 saturated carbocycles. The van der Waals surface area contributed by atoms with Gasteiger partial charge in [-0.05, 0) is 48.3 Å². The summed E-state index contributed by atoms with van der Waals surface area (Å²) in [5.74, 6) is 1.90. The third-order valence-corrected chi connectivity index (χ3v) is 3.59. The summed E-state index contributed by atoms with van der Waals surface area (Å²) < 4.78 is 0. The van der Waals surface area contributed by atoms with Crippen LogP contribution in [-0.2, 0) is 0 Å². The van der Waals surface area contributed by atoms with Crippen LogP contribution in [0.4, 0.5) is 5.69 Å². The summed E-state index contributed by atoms with van der Waals surface area (Å²) in [6.07, 6.45) is 1.21. The first kappa shape index (κ1) is 16.1. The van der Waals surface area contributed by atoms with E-state index in [9.17, 15) is 0 Å².